The van der Waals surface area contributed by atoms with Gasteiger partial charge < -0.3 is 4.74 Å². The summed E-state index contributed by atoms with van der Waals surface area (Å²) in [7, 11) is 0. The highest BCUT2D eigenvalue weighted by Gasteiger charge is 2.09. The lowest BCUT2D eigenvalue weighted by Gasteiger charge is -2.26. The number of hydrogen-bond donors (Lipinski definition) is 0. The van der Waals surface area contributed by atoms with E-state index in [1.807, 2.05) is 13.8 Å². The third-order valence-corrected chi connectivity index (χ3v) is 2.35. The van der Waals surface area contributed by atoms with Crippen LogP contribution in [0.15, 0.2) is 30.3 Å². The fourth-order valence-corrected chi connectivity index (χ4v) is 1.60. The minimum absolute atomic E-state index is 0.882. The number of ether oxygens (including phenoxy) is 1. The molecule has 1 aromatic rings. The van der Waals surface area contributed by atoms with Crippen molar-refractivity contribution in [2.45, 2.75) is 20.4 Å². The highest BCUT2D eigenvalue weighted by atomic mass is 16.5. The maximum absolute atomic E-state index is 5.30. The molecule has 2 rings (SSSR count). The quantitative estimate of drug-likeness (QED) is 0.739. The molecule has 1 aliphatic rings. The van der Waals surface area contributed by atoms with Crippen LogP contribution in [0.2, 0.25) is 0 Å². The van der Waals surface area contributed by atoms with Crippen LogP contribution < -0.4 is 0 Å². The van der Waals surface area contributed by atoms with Crippen molar-refractivity contribution in [3.8, 4) is 0 Å². The Morgan fingerprint density at radius 1 is 1.07 bits per heavy atom. The normalized spacial score (nSPS) is 16.7. The molecule has 1 heterocycles. The fourth-order valence-electron chi connectivity index (χ4n) is 1.60. The molecule has 0 atom stereocenters. The molecule has 2 heteroatoms. The van der Waals surface area contributed by atoms with Crippen molar-refractivity contribution in [2.75, 3.05) is 26.3 Å². The summed E-state index contributed by atoms with van der Waals surface area (Å²) < 4.78 is 5.30. The van der Waals surface area contributed by atoms with Gasteiger partial charge in [0.25, 0.3) is 0 Å². The molecule has 84 valence electrons. The van der Waals surface area contributed by atoms with Crippen molar-refractivity contribution >= 4 is 0 Å². The van der Waals surface area contributed by atoms with Crippen molar-refractivity contribution in [3.63, 3.8) is 0 Å². The molecule has 0 amide bonds. The summed E-state index contributed by atoms with van der Waals surface area (Å²) in [5.74, 6) is 0. The molecule has 2 nitrogen and oxygen atoms in total. The van der Waals surface area contributed by atoms with Gasteiger partial charge in [0.15, 0.2) is 0 Å². The van der Waals surface area contributed by atoms with E-state index in [9.17, 15) is 0 Å². The van der Waals surface area contributed by atoms with E-state index in [4.69, 9.17) is 4.74 Å². The molecule has 0 aromatic heterocycles. The first-order valence-corrected chi connectivity index (χ1v) is 5.79. The summed E-state index contributed by atoms with van der Waals surface area (Å²) in [4.78, 5) is 2.43. The second-order valence-corrected chi connectivity index (χ2v) is 3.37. The minimum atomic E-state index is 0.882. The summed E-state index contributed by atoms with van der Waals surface area (Å²) in [6.45, 7) is 8.95. The number of nitrogens with zero attached hydrogens (tertiary/aromatic N) is 1. The van der Waals surface area contributed by atoms with Crippen LogP contribution in [0, 0.1) is 0 Å². The van der Waals surface area contributed by atoms with Gasteiger partial charge in [-0.1, -0.05) is 44.2 Å². The van der Waals surface area contributed by atoms with Crippen LogP contribution in [0.4, 0.5) is 0 Å². The molecule has 1 aromatic carbocycles. The van der Waals surface area contributed by atoms with E-state index in [2.05, 4.69) is 35.2 Å². The Kier molecular flexibility index (Phi) is 6.05. The van der Waals surface area contributed by atoms with Crippen LogP contribution in [0.25, 0.3) is 0 Å². The third kappa shape index (κ3) is 4.45. The SMILES string of the molecule is CC.c1ccc(CN2CCOCC2)cc1. The van der Waals surface area contributed by atoms with E-state index in [0.29, 0.717) is 0 Å². The molecule has 1 aliphatic heterocycles. The number of rotatable bonds is 2. The zero-order valence-electron chi connectivity index (χ0n) is 9.78. The Bertz CT molecular complexity index is 242. The van der Waals surface area contributed by atoms with Crippen LogP contribution >= 0.6 is 0 Å². The van der Waals surface area contributed by atoms with Crippen molar-refractivity contribution in [1.82, 2.24) is 4.90 Å². The topological polar surface area (TPSA) is 12.5 Å². The molecule has 1 fully saturated rings. The Morgan fingerprint density at radius 2 is 1.67 bits per heavy atom. The Balaban J connectivity index is 0.000000531. The van der Waals surface area contributed by atoms with Gasteiger partial charge in [-0.15, -0.1) is 0 Å². The second kappa shape index (κ2) is 7.43. The average Bonchev–Trinajstić information content (AvgIpc) is 2.34. The lowest BCUT2D eigenvalue weighted by atomic mass is 10.2. The molecule has 0 unspecified atom stereocenters. The lowest BCUT2D eigenvalue weighted by molar-refractivity contribution is 0.0342. The van der Waals surface area contributed by atoms with Crippen LogP contribution in [-0.4, -0.2) is 31.2 Å². The standard InChI is InChI=1S/C11H15NO.C2H6/c1-2-4-11(5-3-1)10-12-6-8-13-9-7-12;1-2/h1-5H,6-10H2;1-2H3. The third-order valence-electron chi connectivity index (χ3n) is 2.35. The molecular formula is C13H21NO. The second-order valence-electron chi connectivity index (χ2n) is 3.37. The van der Waals surface area contributed by atoms with Gasteiger partial charge in [-0.25, -0.2) is 0 Å². The van der Waals surface area contributed by atoms with Gasteiger partial charge in [-0.3, -0.25) is 4.90 Å². The van der Waals surface area contributed by atoms with Gasteiger partial charge in [0.05, 0.1) is 13.2 Å². The maximum Gasteiger partial charge on any atom is 0.0594 e. The van der Waals surface area contributed by atoms with Gasteiger partial charge >= 0.3 is 0 Å². The first-order valence-electron chi connectivity index (χ1n) is 5.79. The van der Waals surface area contributed by atoms with Gasteiger partial charge in [0.1, 0.15) is 0 Å². The van der Waals surface area contributed by atoms with Gasteiger partial charge in [0, 0.05) is 19.6 Å². The molecule has 1 saturated heterocycles. The summed E-state index contributed by atoms with van der Waals surface area (Å²) in [6, 6.07) is 10.6. The maximum atomic E-state index is 5.30. The van der Waals surface area contributed by atoms with E-state index < -0.39 is 0 Å². The molecule has 15 heavy (non-hydrogen) atoms. The zero-order chi connectivity index (χ0) is 10.9. The molecule has 0 saturated carbocycles. The van der Waals surface area contributed by atoms with E-state index >= 15 is 0 Å². The average molecular weight is 207 g/mol. The molecular weight excluding hydrogens is 186 g/mol. The predicted octanol–water partition coefficient (Wildman–Crippen LogP) is 2.55. The highest BCUT2D eigenvalue weighted by Crippen LogP contribution is 2.05. The minimum Gasteiger partial charge on any atom is -0.379 e. The van der Waals surface area contributed by atoms with Crippen molar-refractivity contribution in [1.29, 1.82) is 0 Å². The summed E-state index contributed by atoms with van der Waals surface area (Å²) in [5.41, 5.74) is 1.39. The Hall–Kier alpha value is -0.860. The van der Waals surface area contributed by atoms with Gasteiger partial charge in [0.2, 0.25) is 0 Å². The van der Waals surface area contributed by atoms with Crippen molar-refractivity contribution < 1.29 is 4.74 Å². The number of morpholine rings is 1. The Labute approximate surface area is 92.9 Å². The van der Waals surface area contributed by atoms with E-state index in [0.717, 1.165) is 32.8 Å². The van der Waals surface area contributed by atoms with Crippen LogP contribution in [0.1, 0.15) is 19.4 Å². The fraction of sp³-hybridized carbons (Fsp3) is 0.538. The van der Waals surface area contributed by atoms with E-state index in [-0.39, 0.29) is 0 Å². The summed E-state index contributed by atoms with van der Waals surface area (Å²) in [6.07, 6.45) is 0. The first-order chi connectivity index (χ1) is 7.45. The van der Waals surface area contributed by atoms with Crippen molar-refractivity contribution in [3.05, 3.63) is 35.9 Å². The molecule has 0 spiro atoms. The summed E-state index contributed by atoms with van der Waals surface area (Å²) >= 11 is 0. The Morgan fingerprint density at radius 3 is 2.27 bits per heavy atom. The van der Waals surface area contributed by atoms with Crippen molar-refractivity contribution in [2.24, 2.45) is 0 Å². The predicted molar refractivity (Wildman–Crippen MR) is 63.9 cm³/mol. The monoisotopic (exact) mass is 207 g/mol. The molecule has 0 aliphatic carbocycles. The molecule has 0 radical (unpaired) electrons. The van der Waals surface area contributed by atoms with Gasteiger partial charge in [-0.2, -0.15) is 0 Å². The van der Waals surface area contributed by atoms with E-state index in [1.165, 1.54) is 5.56 Å². The van der Waals surface area contributed by atoms with Gasteiger partial charge in [-0.05, 0) is 5.56 Å². The van der Waals surface area contributed by atoms with Crippen LogP contribution in [-0.2, 0) is 11.3 Å². The lowest BCUT2D eigenvalue weighted by Crippen LogP contribution is -2.35. The zero-order valence-corrected chi connectivity index (χ0v) is 9.78. The largest absolute Gasteiger partial charge is 0.379 e. The van der Waals surface area contributed by atoms with Crippen LogP contribution in [0.3, 0.4) is 0 Å². The smallest absolute Gasteiger partial charge is 0.0594 e. The highest BCUT2D eigenvalue weighted by molar-refractivity contribution is 5.14. The number of hydrogen-bond acceptors (Lipinski definition) is 2. The number of benzene rings is 1. The van der Waals surface area contributed by atoms with Crippen LogP contribution in [0.5, 0.6) is 0 Å². The molecule has 0 bridgehead atoms. The molecule has 0 N–H and O–H groups in total. The van der Waals surface area contributed by atoms with E-state index in [1.54, 1.807) is 0 Å². The summed E-state index contributed by atoms with van der Waals surface area (Å²) in [5, 5.41) is 0. The first kappa shape index (κ1) is 12.2.